The van der Waals surface area contributed by atoms with Crippen molar-refractivity contribution < 1.29 is 14.3 Å². The molecule has 4 N–H and O–H groups in total. The van der Waals surface area contributed by atoms with Crippen LogP contribution in [0.3, 0.4) is 0 Å². The van der Waals surface area contributed by atoms with Crippen molar-refractivity contribution in [1.29, 1.82) is 0 Å². The molecule has 5 aliphatic rings. The minimum atomic E-state index is -1.03. The maximum atomic E-state index is 13.4. The van der Waals surface area contributed by atoms with E-state index in [0.717, 1.165) is 29.9 Å². The summed E-state index contributed by atoms with van der Waals surface area (Å²) in [5.41, 5.74) is 9.69. The lowest BCUT2D eigenvalue weighted by molar-refractivity contribution is -0.117. The Hall–Kier alpha value is -3.54. The number of carbonyl (C=O) groups is 1. The number of nitrogens with one attached hydrogen (secondary N) is 4. The molecule has 0 radical (unpaired) electrons. The first kappa shape index (κ1) is 27.3. The van der Waals surface area contributed by atoms with Crippen LogP contribution in [-0.4, -0.2) is 66.1 Å². The largest absolute Gasteiger partial charge is 0.435 e. The van der Waals surface area contributed by atoms with Gasteiger partial charge >= 0.3 is 6.02 Å². The molecular weight excluding hydrogens is 550 g/mol. The number of benzodiazepines with no additional fused rings is 1. The first-order valence-corrected chi connectivity index (χ1v) is 15.8. The molecule has 3 fully saturated rings. The second kappa shape index (κ2) is 11.6. The number of amides is 1. The highest BCUT2D eigenvalue weighted by molar-refractivity contribution is 8.03. The van der Waals surface area contributed by atoms with Gasteiger partial charge < -0.3 is 25.0 Å². The fraction of sp³-hybridized carbons (Fsp3) is 0.452. The molecule has 2 aromatic rings. The van der Waals surface area contributed by atoms with E-state index in [0.29, 0.717) is 35.9 Å². The van der Waals surface area contributed by atoms with Crippen LogP contribution in [-0.2, 0) is 14.3 Å². The number of anilines is 1. The van der Waals surface area contributed by atoms with E-state index in [1.54, 1.807) is 0 Å². The summed E-state index contributed by atoms with van der Waals surface area (Å²) in [6.07, 6.45) is 5.35. The number of aliphatic imine (C=N–C) groups is 2. The quantitative estimate of drug-likeness (QED) is 0.419. The lowest BCUT2D eigenvalue weighted by Crippen LogP contribution is -2.49. The van der Waals surface area contributed by atoms with Gasteiger partial charge in [-0.2, -0.15) is 10.4 Å². The van der Waals surface area contributed by atoms with E-state index < -0.39 is 11.9 Å². The molecule has 0 spiro atoms. The van der Waals surface area contributed by atoms with E-state index >= 15 is 0 Å². The van der Waals surface area contributed by atoms with Crippen LogP contribution < -0.4 is 21.5 Å². The third-order valence-electron chi connectivity index (χ3n) is 8.51. The zero-order valence-electron chi connectivity index (χ0n) is 23.8. The molecule has 3 atom stereocenters. The van der Waals surface area contributed by atoms with Gasteiger partial charge in [-0.15, -0.1) is 0 Å². The van der Waals surface area contributed by atoms with Gasteiger partial charge in [0.25, 0.3) is 5.91 Å². The van der Waals surface area contributed by atoms with Crippen molar-refractivity contribution in [3.05, 3.63) is 76.5 Å². The van der Waals surface area contributed by atoms with Gasteiger partial charge in [0.2, 0.25) is 11.9 Å². The Morgan fingerprint density at radius 3 is 2.60 bits per heavy atom. The predicted molar refractivity (Wildman–Crippen MR) is 165 cm³/mol. The van der Waals surface area contributed by atoms with E-state index in [4.69, 9.17) is 14.5 Å². The molecule has 2 saturated heterocycles. The fourth-order valence-electron chi connectivity index (χ4n) is 6.26. The molecule has 1 aliphatic carbocycles. The summed E-state index contributed by atoms with van der Waals surface area (Å²) in [5, 5.41) is 8.34. The highest BCUT2D eigenvalue weighted by Crippen LogP contribution is 2.44. The van der Waals surface area contributed by atoms with Crippen molar-refractivity contribution in [2.24, 2.45) is 15.9 Å². The standard InChI is InChI=1S/C31H37N7O3S/c1-31(25-29(38-16-18-40-19-17-38)42-28(34-25)21-12-6-3-7-13-21)37-36-30(41-31)35-26-27(39)32-23-15-9-8-14-22(23)24(33-26)20-10-4-2-5-11-20/h2,4-5,8-11,14-15,21,26,28,34,37H,3,6-7,12-13,16-19H2,1H3,(H,32,39)(H,35,36)/t26-,28?,31?/m1/s1. The molecule has 2 unspecified atom stereocenters. The van der Waals surface area contributed by atoms with E-state index in [9.17, 15) is 4.79 Å². The Kier molecular flexibility index (Phi) is 7.55. The van der Waals surface area contributed by atoms with Gasteiger partial charge in [-0.1, -0.05) is 79.6 Å². The molecule has 10 nitrogen and oxygen atoms in total. The van der Waals surface area contributed by atoms with Crippen LogP contribution in [0.2, 0.25) is 0 Å². The number of ether oxygens (including phenoxy) is 2. The monoisotopic (exact) mass is 587 g/mol. The van der Waals surface area contributed by atoms with Crippen LogP contribution in [0, 0.1) is 5.92 Å². The van der Waals surface area contributed by atoms with E-state index in [1.165, 1.54) is 37.1 Å². The number of thioether (sulfide) groups is 1. The lowest BCUT2D eigenvalue weighted by atomic mass is 9.89. The summed E-state index contributed by atoms with van der Waals surface area (Å²) in [6, 6.07) is 17.8. The van der Waals surface area contributed by atoms with Gasteiger partial charge in [0.05, 0.1) is 35.0 Å². The number of morpholine rings is 1. The second-order valence-electron chi connectivity index (χ2n) is 11.4. The number of benzene rings is 2. The molecule has 7 rings (SSSR count). The van der Waals surface area contributed by atoms with Crippen molar-refractivity contribution in [3.63, 3.8) is 0 Å². The topological polar surface area (TPSA) is 112 Å². The minimum absolute atomic E-state index is 0.224. The predicted octanol–water partition coefficient (Wildman–Crippen LogP) is 3.74. The molecular formula is C31H37N7O3S. The SMILES string of the molecule is CC1(C2=C(N3CCOCC3)SC(C3CCCCC3)N2)NNC(=N[C@H]2N=C(c3ccccc3)c3ccccc3NC2=O)O1. The van der Waals surface area contributed by atoms with E-state index in [1.807, 2.05) is 73.3 Å². The van der Waals surface area contributed by atoms with Gasteiger partial charge in [-0.25, -0.2) is 4.99 Å². The summed E-state index contributed by atoms with van der Waals surface area (Å²) < 4.78 is 12.1. The fourth-order valence-corrected chi connectivity index (χ4v) is 7.85. The van der Waals surface area contributed by atoms with Crippen LogP contribution in [0.1, 0.15) is 50.2 Å². The normalized spacial score (nSPS) is 29.3. The minimum Gasteiger partial charge on any atom is -0.435 e. The van der Waals surface area contributed by atoms with Crippen molar-refractivity contribution in [1.82, 2.24) is 21.1 Å². The van der Waals surface area contributed by atoms with Crippen LogP contribution in [0.25, 0.3) is 0 Å². The number of hydrogen-bond donors (Lipinski definition) is 4. The van der Waals surface area contributed by atoms with Crippen LogP contribution in [0.4, 0.5) is 5.69 Å². The molecule has 11 heteroatoms. The summed E-state index contributed by atoms with van der Waals surface area (Å²) in [7, 11) is 0. The Morgan fingerprint density at radius 2 is 1.79 bits per heavy atom. The average Bonchev–Trinajstić information content (AvgIpc) is 3.63. The van der Waals surface area contributed by atoms with Crippen LogP contribution in [0.15, 0.2) is 75.3 Å². The number of fused-ring (bicyclic) bond motifs is 1. The molecule has 1 saturated carbocycles. The Morgan fingerprint density at radius 1 is 1.02 bits per heavy atom. The van der Waals surface area contributed by atoms with Crippen molar-refractivity contribution in [2.75, 3.05) is 31.6 Å². The zero-order valence-corrected chi connectivity index (χ0v) is 24.6. The summed E-state index contributed by atoms with van der Waals surface area (Å²) in [4.78, 5) is 25.3. The molecule has 4 heterocycles. The van der Waals surface area contributed by atoms with Crippen LogP contribution >= 0.6 is 11.8 Å². The van der Waals surface area contributed by atoms with Gasteiger partial charge in [0, 0.05) is 24.2 Å². The number of carbonyl (C=O) groups excluding carboxylic acids is 1. The maximum Gasteiger partial charge on any atom is 0.304 e. The molecule has 42 heavy (non-hydrogen) atoms. The first-order valence-electron chi connectivity index (χ1n) is 14.9. The average molecular weight is 588 g/mol. The number of rotatable bonds is 5. The summed E-state index contributed by atoms with van der Waals surface area (Å²) in [6.45, 7) is 5.10. The second-order valence-corrected chi connectivity index (χ2v) is 12.6. The highest BCUT2D eigenvalue weighted by Gasteiger charge is 2.47. The number of hydrogen-bond acceptors (Lipinski definition) is 9. The third-order valence-corrected chi connectivity index (χ3v) is 9.96. The lowest BCUT2D eigenvalue weighted by Gasteiger charge is -2.32. The summed E-state index contributed by atoms with van der Waals surface area (Å²) in [5.74, 6) is 0.297. The van der Waals surface area contributed by atoms with E-state index in [2.05, 4.69) is 31.4 Å². The van der Waals surface area contributed by atoms with Gasteiger partial charge in [0.1, 0.15) is 5.70 Å². The van der Waals surface area contributed by atoms with Gasteiger partial charge in [-0.05, 0) is 31.7 Å². The smallest absolute Gasteiger partial charge is 0.304 e. The van der Waals surface area contributed by atoms with Crippen molar-refractivity contribution >= 4 is 35.1 Å². The number of para-hydroxylation sites is 1. The van der Waals surface area contributed by atoms with Crippen molar-refractivity contribution in [3.8, 4) is 0 Å². The Balaban J connectivity index is 1.18. The molecule has 4 aliphatic heterocycles. The number of nitrogens with zero attached hydrogens (tertiary/aromatic N) is 3. The van der Waals surface area contributed by atoms with Gasteiger partial charge in [-0.3, -0.25) is 10.2 Å². The molecule has 0 bridgehead atoms. The summed E-state index contributed by atoms with van der Waals surface area (Å²) >= 11 is 1.91. The van der Waals surface area contributed by atoms with Crippen LogP contribution in [0.5, 0.6) is 0 Å². The van der Waals surface area contributed by atoms with Crippen molar-refractivity contribution in [2.45, 2.75) is 56.3 Å². The highest BCUT2D eigenvalue weighted by atomic mass is 32.2. The maximum absolute atomic E-state index is 13.4. The third kappa shape index (κ3) is 5.36. The molecule has 0 aromatic heterocycles. The molecule has 220 valence electrons. The Labute approximate surface area is 250 Å². The number of hydrazine groups is 1. The number of amidine groups is 1. The first-order chi connectivity index (χ1) is 20.6. The Bertz CT molecular complexity index is 1420. The molecule has 2 aromatic carbocycles. The van der Waals surface area contributed by atoms with Gasteiger partial charge in [0.15, 0.2) is 0 Å². The molecule has 1 amide bonds. The zero-order chi connectivity index (χ0) is 28.5. The van der Waals surface area contributed by atoms with E-state index in [-0.39, 0.29) is 11.9 Å².